The lowest BCUT2D eigenvalue weighted by Gasteiger charge is -2.35. The molecule has 1 aromatic rings. The number of nitrogens with zero attached hydrogens (tertiary/aromatic N) is 1. The summed E-state index contributed by atoms with van der Waals surface area (Å²) in [6.07, 6.45) is 2.51. The molecule has 0 bridgehead atoms. The number of nitriles is 1. The third-order valence-electron chi connectivity index (χ3n) is 2.86. The summed E-state index contributed by atoms with van der Waals surface area (Å²) in [6, 6.07) is 9.34. The number of benzene rings is 1. The van der Waals surface area contributed by atoms with Crippen LogP contribution in [-0.4, -0.2) is 11.4 Å². The summed E-state index contributed by atoms with van der Waals surface area (Å²) in [6.45, 7) is 0. The molecule has 1 aliphatic carbocycles. The molecule has 1 amide bonds. The molecule has 0 aromatic heterocycles. The van der Waals surface area contributed by atoms with Crippen LogP contribution in [0.4, 0.5) is 0 Å². The number of halogens is 1. The summed E-state index contributed by atoms with van der Waals surface area (Å²) in [7, 11) is 0. The Hall–Kier alpha value is -1.34. The minimum Gasteiger partial charge on any atom is -0.334 e. The molecule has 82 valence electrons. The number of hydrogen-bond acceptors (Lipinski definition) is 2. The third-order valence-corrected chi connectivity index (χ3v) is 3.35. The molecule has 1 aliphatic rings. The molecule has 2 rings (SSSR count). The Morgan fingerprint density at radius 3 is 2.75 bits per heavy atom. The summed E-state index contributed by atoms with van der Waals surface area (Å²) in [4.78, 5) is 11.9. The molecule has 1 saturated carbocycles. The number of carbonyl (C=O) groups excluding carboxylic acids is 1. The van der Waals surface area contributed by atoms with Crippen molar-refractivity contribution in [2.75, 3.05) is 0 Å². The van der Waals surface area contributed by atoms with Crippen LogP contribution in [0.2, 0.25) is 0 Å². The van der Waals surface area contributed by atoms with E-state index in [0.29, 0.717) is 5.56 Å². The number of carbonyl (C=O) groups is 1. The number of nitrogens with one attached hydrogen (secondary N) is 1. The molecular formula is C12H11BrN2O. The molecule has 0 atom stereocenters. The first-order chi connectivity index (χ1) is 7.65. The van der Waals surface area contributed by atoms with E-state index in [2.05, 4.69) is 27.3 Å². The second kappa shape index (κ2) is 4.26. The molecule has 4 heteroatoms. The van der Waals surface area contributed by atoms with Crippen molar-refractivity contribution in [1.29, 1.82) is 5.26 Å². The average molecular weight is 279 g/mol. The first-order valence-electron chi connectivity index (χ1n) is 5.15. The Kier molecular flexibility index (Phi) is 2.97. The van der Waals surface area contributed by atoms with Crippen LogP contribution in [0.15, 0.2) is 28.7 Å². The highest BCUT2D eigenvalue weighted by Gasteiger charge is 2.38. The van der Waals surface area contributed by atoms with Crippen molar-refractivity contribution in [3.05, 3.63) is 34.3 Å². The maximum atomic E-state index is 11.9. The van der Waals surface area contributed by atoms with Gasteiger partial charge in [-0.3, -0.25) is 4.79 Å². The summed E-state index contributed by atoms with van der Waals surface area (Å²) >= 11 is 3.31. The van der Waals surface area contributed by atoms with Crippen molar-refractivity contribution >= 4 is 21.8 Å². The standard InChI is InChI=1S/C12H11BrN2O/c13-10-4-1-3-9(7-10)11(16)15-12(8-14)5-2-6-12/h1,3-4,7H,2,5-6H2,(H,15,16). The van der Waals surface area contributed by atoms with Crippen LogP contribution in [0.1, 0.15) is 29.6 Å². The summed E-state index contributed by atoms with van der Waals surface area (Å²) in [5.74, 6) is -0.178. The van der Waals surface area contributed by atoms with Gasteiger partial charge >= 0.3 is 0 Å². The second-order valence-corrected chi connectivity index (χ2v) is 4.93. The summed E-state index contributed by atoms with van der Waals surface area (Å²) < 4.78 is 0.861. The van der Waals surface area contributed by atoms with Crippen molar-refractivity contribution in [3.8, 4) is 6.07 Å². The molecule has 0 heterocycles. The molecule has 0 spiro atoms. The highest BCUT2D eigenvalue weighted by Crippen LogP contribution is 2.31. The Balaban J connectivity index is 2.12. The van der Waals surface area contributed by atoms with Gasteiger partial charge in [-0.2, -0.15) is 5.26 Å². The molecule has 1 N–H and O–H groups in total. The summed E-state index contributed by atoms with van der Waals surface area (Å²) in [5, 5.41) is 11.8. The number of amides is 1. The highest BCUT2D eigenvalue weighted by molar-refractivity contribution is 9.10. The minimum atomic E-state index is -0.626. The fraction of sp³-hybridized carbons (Fsp3) is 0.333. The van der Waals surface area contributed by atoms with Crippen molar-refractivity contribution < 1.29 is 4.79 Å². The Labute approximate surface area is 103 Å². The Bertz CT molecular complexity index is 460. The van der Waals surface area contributed by atoms with Crippen molar-refractivity contribution in [1.82, 2.24) is 5.32 Å². The topological polar surface area (TPSA) is 52.9 Å². The molecule has 1 fully saturated rings. The molecule has 0 saturated heterocycles. The first kappa shape index (κ1) is 11.2. The van der Waals surface area contributed by atoms with E-state index < -0.39 is 5.54 Å². The van der Waals surface area contributed by atoms with Gasteiger partial charge in [0.1, 0.15) is 5.54 Å². The van der Waals surface area contributed by atoms with Crippen molar-refractivity contribution in [3.63, 3.8) is 0 Å². The zero-order chi connectivity index (χ0) is 11.6. The molecule has 3 nitrogen and oxygen atoms in total. The zero-order valence-electron chi connectivity index (χ0n) is 8.66. The summed E-state index contributed by atoms with van der Waals surface area (Å²) in [5.41, 5.74) is -0.0461. The molecule has 0 radical (unpaired) electrons. The van der Waals surface area contributed by atoms with Gasteiger partial charge in [0.15, 0.2) is 0 Å². The van der Waals surface area contributed by atoms with Crippen LogP contribution in [0.25, 0.3) is 0 Å². The largest absolute Gasteiger partial charge is 0.334 e. The fourth-order valence-electron chi connectivity index (χ4n) is 1.71. The normalized spacial score (nSPS) is 17.0. The van der Waals surface area contributed by atoms with E-state index >= 15 is 0 Å². The number of hydrogen-bond donors (Lipinski definition) is 1. The van der Waals surface area contributed by atoms with Crippen molar-refractivity contribution in [2.24, 2.45) is 0 Å². The van der Waals surface area contributed by atoms with Crippen LogP contribution in [0, 0.1) is 11.3 Å². The second-order valence-electron chi connectivity index (χ2n) is 4.01. The van der Waals surface area contributed by atoms with Crippen LogP contribution in [0.3, 0.4) is 0 Å². The van der Waals surface area contributed by atoms with Gasteiger partial charge in [-0.25, -0.2) is 0 Å². The van der Waals surface area contributed by atoms with E-state index in [-0.39, 0.29) is 5.91 Å². The van der Waals surface area contributed by atoms with E-state index in [1.807, 2.05) is 6.07 Å². The predicted octanol–water partition coefficient (Wildman–Crippen LogP) is 2.63. The van der Waals surface area contributed by atoms with Gasteiger partial charge in [-0.15, -0.1) is 0 Å². The lowest BCUT2D eigenvalue weighted by Crippen LogP contribution is -2.52. The highest BCUT2D eigenvalue weighted by atomic mass is 79.9. The fourth-order valence-corrected chi connectivity index (χ4v) is 2.11. The monoisotopic (exact) mass is 278 g/mol. The van der Waals surface area contributed by atoms with Crippen molar-refractivity contribution in [2.45, 2.75) is 24.8 Å². The van der Waals surface area contributed by atoms with E-state index in [4.69, 9.17) is 5.26 Å². The smallest absolute Gasteiger partial charge is 0.252 e. The Morgan fingerprint density at radius 2 is 2.25 bits per heavy atom. The minimum absolute atomic E-state index is 0.178. The van der Waals surface area contributed by atoms with E-state index in [1.165, 1.54) is 0 Å². The Morgan fingerprint density at radius 1 is 1.50 bits per heavy atom. The van der Waals surface area contributed by atoms with Crippen LogP contribution >= 0.6 is 15.9 Å². The van der Waals surface area contributed by atoms with Gasteiger partial charge < -0.3 is 5.32 Å². The average Bonchev–Trinajstić information content (AvgIpc) is 2.23. The van der Waals surface area contributed by atoms with E-state index in [9.17, 15) is 4.79 Å². The lowest BCUT2D eigenvalue weighted by molar-refractivity contribution is 0.0881. The molecular weight excluding hydrogens is 268 g/mol. The third kappa shape index (κ3) is 2.10. The maximum absolute atomic E-state index is 11.9. The SMILES string of the molecule is N#CC1(NC(=O)c2cccc(Br)c2)CCC1. The van der Waals surface area contributed by atoms with Gasteiger partial charge in [-0.1, -0.05) is 22.0 Å². The number of rotatable bonds is 2. The van der Waals surface area contributed by atoms with Crippen LogP contribution in [-0.2, 0) is 0 Å². The van der Waals surface area contributed by atoms with Gasteiger partial charge in [0.2, 0.25) is 0 Å². The molecule has 0 aliphatic heterocycles. The van der Waals surface area contributed by atoms with E-state index in [1.54, 1.807) is 18.2 Å². The van der Waals surface area contributed by atoms with Crippen LogP contribution in [0.5, 0.6) is 0 Å². The van der Waals surface area contributed by atoms with E-state index in [0.717, 1.165) is 23.7 Å². The van der Waals surface area contributed by atoms with Gasteiger partial charge in [0, 0.05) is 10.0 Å². The lowest BCUT2D eigenvalue weighted by atomic mass is 9.78. The molecule has 16 heavy (non-hydrogen) atoms. The predicted molar refractivity (Wildman–Crippen MR) is 63.8 cm³/mol. The first-order valence-corrected chi connectivity index (χ1v) is 5.94. The van der Waals surface area contributed by atoms with Crippen LogP contribution < -0.4 is 5.32 Å². The van der Waals surface area contributed by atoms with Gasteiger partial charge in [0.25, 0.3) is 5.91 Å². The quantitative estimate of drug-likeness (QED) is 0.904. The zero-order valence-corrected chi connectivity index (χ0v) is 10.3. The maximum Gasteiger partial charge on any atom is 0.252 e. The molecule has 0 unspecified atom stereocenters. The van der Waals surface area contributed by atoms with Gasteiger partial charge in [0.05, 0.1) is 6.07 Å². The molecule has 1 aromatic carbocycles. The van der Waals surface area contributed by atoms with Gasteiger partial charge in [-0.05, 0) is 37.5 Å².